The Morgan fingerprint density at radius 1 is 1.64 bits per heavy atom. The molecule has 0 aromatic heterocycles. The van der Waals surface area contributed by atoms with Gasteiger partial charge in [-0.2, -0.15) is 0 Å². The van der Waals surface area contributed by atoms with Crippen LogP contribution >= 0.6 is 11.8 Å². The minimum Gasteiger partial charge on any atom is -0.270 e. The van der Waals surface area contributed by atoms with Crippen molar-refractivity contribution in [1.29, 1.82) is 0 Å². The molecule has 0 saturated heterocycles. The smallest absolute Gasteiger partial charge is 0.197 e. The standard InChI is InChI=1S/C5H6ClN5/c1-10-4-2-7-3-11(6)5(4)8-9-10/h2-3,9H,1H3. The number of likely N-dealkylation sites (N-methyl/N-ethyl adjacent to an activating group) is 1. The lowest BCUT2D eigenvalue weighted by Crippen LogP contribution is -2.29. The van der Waals surface area contributed by atoms with Gasteiger partial charge in [-0.1, -0.05) is 0 Å². The normalized spacial score (nSPS) is 20.9. The Hall–Kier alpha value is -1.23. The first-order valence-corrected chi connectivity index (χ1v) is 3.39. The van der Waals surface area contributed by atoms with E-state index in [1.54, 1.807) is 11.2 Å². The van der Waals surface area contributed by atoms with Gasteiger partial charge in [0.15, 0.2) is 5.84 Å². The minimum absolute atomic E-state index is 0.671. The molecule has 0 unspecified atom stereocenters. The molecule has 1 N–H and O–H groups in total. The molecule has 2 aliphatic heterocycles. The van der Waals surface area contributed by atoms with Crippen LogP contribution in [0.25, 0.3) is 0 Å². The van der Waals surface area contributed by atoms with Gasteiger partial charge in [0.05, 0.1) is 6.20 Å². The number of nitrogens with zero attached hydrogens (tertiary/aromatic N) is 4. The topological polar surface area (TPSA) is 43.2 Å². The molecule has 0 spiro atoms. The molecule has 2 rings (SSSR count). The van der Waals surface area contributed by atoms with Crippen LogP contribution in [-0.4, -0.2) is 28.6 Å². The molecule has 0 aliphatic carbocycles. The second-order valence-corrected chi connectivity index (χ2v) is 2.55. The predicted molar refractivity (Wildman–Crippen MR) is 42.6 cm³/mol. The van der Waals surface area contributed by atoms with Crippen LogP contribution in [-0.2, 0) is 0 Å². The number of rotatable bonds is 0. The number of hydrazine groups is 1. The summed E-state index contributed by atoms with van der Waals surface area (Å²) in [5.41, 5.74) is 3.60. The molecule has 0 amide bonds. The van der Waals surface area contributed by atoms with Gasteiger partial charge in [0.1, 0.15) is 12.0 Å². The summed E-state index contributed by atoms with van der Waals surface area (Å²) in [5, 5.41) is 5.68. The molecular weight excluding hydrogens is 166 g/mol. The number of hydrogen-bond acceptors (Lipinski definition) is 5. The van der Waals surface area contributed by atoms with Crippen molar-refractivity contribution >= 4 is 24.0 Å². The monoisotopic (exact) mass is 171 g/mol. The van der Waals surface area contributed by atoms with Gasteiger partial charge in [0.25, 0.3) is 0 Å². The van der Waals surface area contributed by atoms with Gasteiger partial charge >= 0.3 is 0 Å². The van der Waals surface area contributed by atoms with Gasteiger partial charge in [-0.3, -0.25) is 5.01 Å². The highest BCUT2D eigenvalue weighted by molar-refractivity contribution is 6.31. The first-order valence-electron chi connectivity index (χ1n) is 3.05. The highest BCUT2D eigenvalue weighted by atomic mass is 35.5. The molecular formula is C5H6ClN5. The highest BCUT2D eigenvalue weighted by Crippen LogP contribution is 2.15. The summed E-state index contributed by atoms with van der Waals surface area (Å²) in [7, 11) is 1.84. The zero-order chi connectivity index (χ0) is 7.84. The van der Waals surface area contributed by atoms with E-state index in [0.717, 1.165) is 5.70 Å². The minimum atomic E-state index is 0.671. The molecule has 0 atom stereocenters. The van der Waals surface area contributed by atoms with E-state index in [-0.39, 0.29) is 0 Å². The Bertz CT molecular complexity index is 268. The van der Waals surface area contributed by atoms with Crippen molar-refractivity contribution in [2.75, 3.05) is 7.05 Å². The molecule has 0 aromatic rings. The number of amidine groups is 1. The Labute approximate surface area is 68.7 Å². The van der Waals surface area contributed by atoms with Gasteiger partial charge in [0.2, 0.25) is 0 Å². The van der Waals surface area contributed by atoms with Crippen LogP contribution in [0.4, 0.5) is 0 Å². The van der Waals surface area contributed by atoms with E-state index in [1.165, 1.54) is 10.8 Å². The molecule has 2 heterocycles. The summed E-state index contributed by atoms with van der Waals surface area (Å²) in [5.74, 6) is 0.671. The van der Waals surface area contributed by atoms with Crippen molar-refractivity contribution in [3.05, 3.63) is 11.9 Å². The van der Waals surface area contributed by atoms with Gasteiger partial charge in [-0.25, -0.2) is 14.9 Å². The Balaban J connectivity index is 2.38. The third kappa shape index (κ3) is 0.848. The number of halogens is 1. The molecule has 0 saturated carbocycles. The average Bonchev–Trinajstić information content (AvgIpc) is 2.35. The largest absolute Gasteiger partial charge is 0.270 e. The SMILES string of the molecule is CN1NN=C2C1=CN=CN2Cl. The van der Waals surface area contributed by atoms with Crippen LogP contribution in [0.1, 0.15) is 0 Å². The molecule has 6 heteroatoms. The fourth-order valence-corrected chi connectivity index (χ4v) is 1.08. The molecule has 0 fully saturated rings. The molecule has 0 bridgehead atoms. The quantitative estimate of drug-likeness (QED) is 0.526. The maximum Gasteiger partial charge on any atom is 0.197 e. The number of hydrogen-bond donors (Lipinski definition) is 1. The van der Waals surface area contributed by atoms with Crippen molar-refractivity contribution in [1.82, 2.24) is 15.0 Å². The summed E-state index contributed by atoms with van der Waals surface area (Å²) in [4.78, 5) is 3.90. The zero-order valence-corrected chi connectivity index (χ0v) is 6.58. The van der Waals surface area contributed by atoms with E-state index in [0.29, 0.717) is 5.84 Å². The average molecular weight is 172 g/mol. The van der Waals surface area contributed by atoms with Crippen LogP contribution in [0.2, 0.25) is 0 Å². The fourth-order valence-electron chi connectivity index (χ4n) is 0.902. The molecule has 58 valence electrons. The van der Waals surface area contributed by atoms with Crippen LogP contribution < -0.4 is 5.53 Å². The van der Waals surface area contributed by atoms with Gasteiger partial charge < -0.3 is 0 Å². The van der Waals surface area contributed by atoms with Crippen LogP contribution in [0.3, 0.4) is 0 Å². The maximum absolute atomic E-state index is 5.73. The van der Waals surface area contributed by atoms with Gasteiger partial charge in [-0.15, -0.1) is 5.10 Å². The van der Waals surface area contributed by atoms with Crippen LogP contribution in [0.5, 0.6) is 0 Å². The third-order valence-electron chi connectivity index (χ3n) is 1.46. The maximum atomic E-state index is 5.73. The lowest BCUT2D eigenvalue weighted by molar-refractivity contribution is 0.345. The van der Waals surface area contributed by atoms with Crippen LogP contribution in [0, 0.1) is 0 Å². The van der Waals surface area contributed by atoms with Crippen molar-refractivity contribution in [2.24, 2.45) is 10.1 Å². The molecule has 11 heavy (non-hydrogen) atoms. The lowest BCUT2D eigenvalue weighted by Gasteiger charge is -2.16. The molecule has 2 aliphatic rings. The molecule has 0 aromatic carbocycles. The fraction of sp³-hybridized carbons (Fsp3) is 0.200. The van der Waals surface area contributed by atoms with E-state index >= 15 is 0 Å². The van der Waals surface area contributed by atoms with E-state index in [1.807, 2.05) is 7.05 Å². The summed E-state index contributed by atoms with van der Waals surface area (Å²) < 4.78 is 1.34. The van der Waals surface area contributed by atoms with Gasteiger partial charge in [0, 0.05) is 18.8 Å². The second kappa shape index (κ2) is 2.13. The number of nitrogens with one attached hydrogen (secondary N) is 1. The molecule has 0 radical (unpaired) electrons. The Morgan fingerprint density at radius 2 is 2.45 bits per heavy atom. The third-order valence-corrected chi connectivity index (χ3v) is 1.71. The van der Waals surface area contributed by atoms with Crippen molar-refractivity contribution < 1.29 is 0 Å². The van der Waals surface area contributed by atoms with Gasteiger partial charge in [-0.05, 0) is 0 Å². The number of fused-ring (bicyclic) bond motifs is 1. The summed E-state index contributed by atoms with van der Waals surface area (Å²) in [6.45, 7) is 0. The zero-order valence-electron chi connectivity index (χ0n) is 5.82. The van der Waals surface area contributed by atoms with Crippen LogP contribution in [0.15, 0.2) is 22.0 Å². The van der Waals surface area contributed by atoms with E-state index in [4.69, 9.17) is 11.8 Å². The first-order chi connectivity index (χ1) is 5.29. The number of hydrazone groups is 1. The summed E-state index contributed by atoms with van der Waals surface area (Å²) in [6, 6.07) is 0. The Morgan fingerprint density at radius 3 is 3.18 bits per heavy atom. The van der Waals surface area contributed by atoms with E-state index in [2.05, 4.69) is 15.6 Å². The first kappa shape index (κ1) is 6.48. The van der Waals surface area contributed by atoms with E-state index in [9.17, 15) is 0 Å². The van der Waals surface area contributed by atoms with Crippen molar-refractivity contribution in [2.45, 2.75) is 0 Å². The Kier molecular flexibility index (Phi) is 1.25. The highest BCUT2D eigenvalue weighted by Gasteiger charge is 2.24. The van der Waals surface area contributed by atoms with Crippen molar-refractivity contribution in [3.63, 3.8) is 0 Å². The summed E-state index contributed by atoms with van der Waals surface area (Å²) in [6.07, 6.45) is 3.18. The summed E-state index contributed by atoms with van der Waals surface area (Å²) >= 11 is 5.73. The van der Waals surface area contributed by atoms with E-state index < -0.39 is 0 Å². The number of aliphatic imine (C=N–C) groups is 1. The molecule has 5 nitrogen and oxygen atoms in total. The predicted octanol–water partition coefficient (Wildman–Crippen LogP) is 0.0890. The van der Waals surface area contributed by atoms with Crippen molar-refractivity contribution in [3.8, 4) is 0 Å². The second-order valence-electron chi connectivity index (χ2n) is 2.18. The lowest BCUT2D eigenvalue weighted by atomic mass is 10.4.